The summed E-state index contributed by atoms with van der Waals surface area (Å²) in [6.45, 7) is 5.80. The van der Waals surface area contributed by atoms with Crippen LogP contribution in [-0.2, 0) is 19.2 Å². The number of benzene rings is 1. The Kier molecular flexibility index (Phi) is 14.0. The minimum atomic E-state index is -1.09. The van der Waals surface area contributed by atoms with E-state index in [9.17, 15) is 33.6 Å². The van der Waals surface area contributed by atoms with Gasteiger partial charge in [0.1, 0.15) is 11.8 Å². The fraction of sp³-hybridized carbons (Fsp3) is 0.478. The lowest BCUT2D eigenvalue weighted by atomic mass is 9.91. The predicted molar refractivity (Wildman–Crippen MR) is 233 cm³/mol. The van der Waals surface area contributed by atoms with Gasteiger partial charge in [-0.2, -0.15) is 0 Å². The Morgan fingerprint density at radius 1 is 0.812 bits per heavy atom. The van der Waals surface area contributed by atoms with Gasteiger partial charge in [0.05, 0.1) is 11.1 Å². The minimum Gasteiger partial charge on any atom is -0.483 e. The van der Waals surface area contributed by atoms with Crippen LogP contribution in [0.1, 0.15) is 94.6 Å². The topological polar surface area (TPSA) is 208 Å². The van der Waals surface area contributed by atoms with Gasteiger partial charge in [0.2, 0.25) is 17.7 Å². The maximum atomic E-state index is 13.4. The summed E-state index contributed by atoms with van der Waals surface area (Å²) in [5, 5.41) is 13.9. The molecule has 3 aromatic rings. The van der Waals surface area contributed by atoms with Crippen molar-refractivity contribution in [3.05, 3.63) is 83.3 Å². The Bertz CT molecular complexity index is 2250. The van der Waals surface area contributed by atoms with Crippen LogP contribution in [0.2, 0.25) is 0 Å². The number of anilines is 1. The van der Waals surface area contributed by atoms with E-state index in [1.165, 1.54) is 18.2 Å². The predicted octanol–water partition coefficient (Wildman–Crippen LogP) is 2.32. The second-order valence-corrected chi connectivity index (χ2v) is 17.0. The van der Waals surface area contributed by atoms with Gasteiger partial charge in [-0.1, -0.05) is 25.0 Å². The lowest BCUT2D eigenvalue weighted by molar-refractivity contribution is -0.136. The van der Waals surface area contributed by atoms with E-state index in [0.29, 0.717) is 63.5 Å². The number of unbranched alkanes of at least 4 members (excludes halogenated alkanes) is 1. The SMILES string of the molecule is O=C(/C=C/c1cccnc1)NCCCCC1CCN(C(=O)c2ccc(N3CCC(N4CCN(C(=O)COc5cccc6c5C(=O)N(C5CCC(=O)NC5=O)C6=O)CC4)CC3)nn2)CC1. The number of nitrogens with one attached hydrogen (secondary N) is 2. The number of imide groups is 2. The molecule has 5 aliphatic heterocycles. The molecule has 1 aromatic carbocycles. The van der Waals surface area contributed by atoms with Crippen molar-refractivity contribution in [3.8, 4) is 5.75 Å². The van der Waals surface area contributed by atoms with Crippen molar-refractivity contribution in [2.75, 3.05) is 70.4 Å². The molecule has 18 nitrogen and oxygen atoms in total. The van der Waals surface area contributed by atoms with E-state index in [0.717, 1.165) is 74.3 Å². The summed E-state index contributed by atoms with van der Waals surface area (Å²) in [5.41, 5.74) is 1.35. The number of rotatable bonds is 14. The number of pyridine rings is 1. The van der Waals surface area contributed by atoms with Crippen molar-refractivity contribution >= 4 is 53.2 Å². The van der Waals surface area contributed by atoms with Gasteiger partial charge in [0, 0.05) is 89.8 Å². The molecule has 1 atom stereocenters. The maximum Gasteiger partial charge on any atom is 0.274 e. The summed E-state index contributed by atoms with van der Waals surface area (Å²) in [4.78, 5) is 102. The number of ether oxygens (including phenoxy) is 1. The first-order chi connectivity index (χ1) is 31.1. The second-order valence-electron chi connectivity index (χ2n) is 17.0. The smallest absolute Gasteiger partial charge is 0.274 e. The average molecular weight is 875 g/mol. The van der Waals surface area contributed by atoms with Crippen molar-refractivity contribution in [1.82, 2.24) is 45.4 Å². The molecule has 0 saturated carbocycles. The number of hydrogen-bond acceptors (Lipinski definition) is 13. The fourth-order valence-corrected chi connectivity index (χ4v) is 9.30. The summed E-state index contributed by atoms with van der Waals surface area (Å²) < 4.78 is 5.84. The number of piperidine rings is 3. The Hall–Kier alpha value is -6.56. The van der Waals surface area contributed by atoms with E-state index in [-0.39, 0.29) is 54.0 Å². The van der Waals surface area contributed by atoms with Gasteiger partial charge in [0.15, 0.2) is 18.1 Å². The zero-order valence-corrected chi connectivity index (χ0v) is 35.9. The quantitative estimate of drug-likeness (QED) is 0.136. The van der Waals surface area contributed by atoms with Crippen molar-refractivity contribution < 1.29 is 38.3 Å². The highest BCUT2D eigenvalue weighted by atomic mass is 16.5. The Labute approximate surface area is 371 Å². The van der Waals surface area contributed by atoms with Crippen LogP contribution in [0.4, 0.5) is 5.82 Å². The molecule has 64 heavy (non-hydrogen) atoms. The monoisotopic (exact) mass is 874 g/mol. The number of carbonyl (C=O) groups is 7. The molecule has 4 fully saturated rings. The lowest BCUT2D eigenvalue weighted by Gasteiger charge is -2.43. The van der Waals surface area contributed by atoms with Crippen molar-refractivity contribution in [3.63, 3.8) is 0 Å². The molecule has 2 aromatic heterocycles. The van der Waals surface area contributed by atoms with Gasteiger partial charge < -0.3 is 24.8 Å². The molecule has 336 valence electrons. The number of hydrogen-bond donors (Lipinski definition) is 2. The van der Waals surface area contributed by atoms with Crippen LogP contribution in [0.25, 0.3) is 6.08 Å². The number of likely N-dealkylation sites (tertiary alicyclic amines) is 1. The first kappa shape index (κ1) is 44.1. The molecule has 0 aliphatic carbocycles. The first-order valence-corrected chi connectivity index (χ1v) is 22.4. The number of aromatic nitrogens is 3. The van der Waals surface area contributed by atoms with E-state index in [1.807, 2.05) is 23.1 Å². The van der Waals surface area contributed by atoms with Crippen molar-refractivity contribution in [2.24, 2.45) is 5.92 Å². The van der Waals surface area contributed by atoms with E-state index in [1.54, 1.807) is 35.5 Å². The molecule has 1 unspecified atom stereocenters. The lowest BCUT2D eigenvalue weighted by Crippen LogP contribution is -2.55. The first-order valence-electron chi connectivity index (χ1n) is 22.4. The summed E-state index contributed by atoms with van der Waals surface area (Å²) in [7, 11) is 0. The van der Waals surface area contributed by atoms with E-state index in [2.05, 4.69) is 35.6 Å². The molecule has 5 aliphatic rings. The Morgan fingerprint density at radius 2 is 1.61 bits per heavy atom. The van der Waals surface area contributed by atoms with Gasteiger partial charge in [-0.05, 0) is 86.4 Å². The van der Waals surface area contributed by atoms with Gasteiger partial charge in [-0.3, -0.25) is 53.7 Å². The highest BCUT2D eigenvalue weighted by Gasteiger charge is 2.46. The Balaban J connectivity index is 0.712. The van der Waals surface area contributed by atoms with Crippen LogP contribution < -0.4 is 20.3 Å². The number of nitrogens with zero attached hydrogens (tertiary/aromatic N) is 8. The summed E-state index contributed by atoms with van der Waals surface area (Å²) in [6, 6.07) is 11.2. The summed E-state index contributed by atoms with van der Waals surface area (Å²) >= 11 is 0. The fourth-order valence-electron chi connectivity index (χ4n) is 9.30. The zero-order valence-electron chi connectivity index (χ0n) is 35.9. The molecule has 0 bridgehead atoms. The van der Waals surface area contributed by atoms with Crippen molar-refractivity contribution in [2.45, 2.75) is 69.9 Å². The standard InChI is InChI=1S/C46H54N10O8/c57-39(13-9-32-6-4-19-47-29-32)48-20-2-1-5-31-15-21-55(22-16-31)45(62)35-10-12-38(51-50-35)53-23-17-33(18-24-53)52-25-27-54(28-26-52)41(59)30-64-37-8-3-7-34-42(37)46(63)56(44(34)61)36-11-14-40(58)49-43(36)60/h3-4,6-10,12-13,19,29,31,33,36H,1-2,5,11,14-18,20-28,30H2,(H,48,57)(H,49,58,60)/b13-9+. The normalized spacial score (nSPS) is 20.2. The van der Waals surface area contributed by atoms with Crippen LogP contribution in [0.5, 0.6) is 5.75 Å². The van der Waals surface area contributed by atoms with Crippen LogP contribution in [0.3, 0.4) is 0 Å². The highest BCUT2D eigenvalue weighted by molar-refractivity contribution is 6.24. The number of amides is 7. The molecule has 0 spiro atoms. The maximum absolute atomic E-state index is 13.4. The van der Waals surface area contributed by atoms with Gasteiger partial charge in [0.25, 0.3) is 23.6 Å². The van der Waals surface area contributed by atoms with Crippen molar-refractivity contribution in [1.29, 1.82) is 0 Å². The number of fused-ring (bicyclic) bond motifs is 1. The van der Waals surface area contributed by atoms with E-state index >= 15 is 0 Å². The van der Waals surface area contributed by atoms with Crippen LogP contribution in [0.15, 0.2) is 60.9 Å². The number of carbonyl (C=O) groups excluding carboxylic acids is 7. The molecule has 8 rings (SSSR count). The highest BCUT2D eigenvalue weighted by Crippen LogP contribution is 2.34. The summed E-state index contributed by atoms with van der Waals surface area (Å²) in [5.74, 6) is -1.48. The molecule has 7 amide bonds. The van der Waals surface area contributed by atoms with Crippen LogP contribution >= 0.6 is 0 Å². The third-order valence-corrected chi connectivity index (χ3v) is 13.0. The molecular formula is C46H54N10O8. The zero-order chi connectivity index (χ0) is 44.6. The third-order valence-electron chi connectivity index (χ3n) is 13.0. The molecule has 2 N–H and O–H groups in total. The van der Waals surface area contributed by atoms with E-state index in [4.69, 9.17) is 4.74 Å². The largest absolute Gasteiger partial charge is 0.483 e. The molecule has 0 radical (unpaired) electrons. The summed E-state index contributed by atoms with van der Waals surface area (Å²) in [6.07, 6.45) is 13.5. The van der Waals surface area contributed by atoms with Gasteiger partial charge in [-0.15, -0.1) is 10.2 Å². The van der Waals surface area contributed by atoms with E-state index < -0.39 is 29.7 Å². The van der Waals surface area contributed by atoms with Crippen LogP contribution in [-0.4, -0.2) is 154 Å². The molecule has 18 heteroatoms. The Morgan fingerprint density at radius 3 is 2.33 bits per heavy atom. The molecular weight excluding hydrogens is 821 g/mol. The minimum absolute atomic E-state index is 0.0130. The molecule has 7 heterocycles. The average Bonchev–Trinajstić information content (AvgIpc) is 3.59. The second kappa shape index (κ2) is 20.3. The van der Waals surface area contributed by atoms with Crippen LogP contribution in [0, 0.1) is 5.92 Å². The third kappa shape index (κ3) is 10.3. The molecule has 4 saturated heterocycles. The van der Waals surface area contributed by atoms with Gasteiger partial charge >= 0.3 is 0 Å². The van der Waals surface area contributed by atoms with Gasteiger partial charge in [-0.25, -0.2) is 0 Å². The number of piperazine rings is 1.